The van der Waals surface area contributed by atoms with Crippen molar-refractivity contribution in [3.8, 4) is 0 Å². The Morgan fingerprint density at radius 1 is 0.367 bits per heavy atom. The van der Waals surface area contributed by atoms with Gasteiger partial charge in [0.1, 0.15) is 6.61 Å². The molecule has 0 fully saturated rings. The van der Waals surface area contributed by atoms with Gasteiger partial charge in [0.15, 0.2) is 6.10 Å². The standard InChI is InChI=1S/C55H104O5/c1-4-7-10-13-16-19-21-23-25-27-29-31-33-35-38-41-44-47-50-58-51-53(60-55(57)49-46-43-40-36-18-15-12-9-6-3)52-59-54(56)48-45-42-39-37-34-32-30-28-26-24-22-20-17-14-11-8-5-2/h16,19,23,25,53H,4-15,17-18,20-22,24,26-52H2,1-3H3/b19-16-,25-23-. The van der Waals surface area contributed by atoms with Crippen molar-refractivity contribution < 1.29 is 23.8 Å². The third-order valence-corrected chi connectivity index (χ3v) is 12.0. The Bertz CT molecular complexity index is 913. The van der Waals surface area contributed by atoms with Gasteiger partial charge in [0.05, 0.1) is 6.61 Å². The smallest absolute Gasteiger partial charge is 0.306 e. The number of carbonyl (C=O) groups excluding carboxylic acids is 2. The molecule has 1 atom stereocenters. The maximum Gasteiger partial charge on any atom is 0.306 e. The summed E-state index contributed by atoms with van der Waals surface area (Å²) in [4.78, 5) is 25.3. The van der Waals surface area contributed by atoms with E-state index in [-0.39, 0.29) is 18.5 Å². The molecule has 0 spiro atoms. The number of esters is 2. The second-order valence-electron chi connectivity index (χ2n) is 18.1. The van der Waals surface area contributed by atoms with E-state index in [0.717, 1.165) is 44.9 Å². The maximum absolute atomic E-state index is 12.7. The molecule has 60 heavy (non-hydrogen) atoms. The van der Waals surface area contributed by atoms with Crippen molar-refractivity contribution in [2.75, 3.05) is 19.8 Å². The molecule has 0 N–H and O–H groups in total. The Kier molecular flexibility index (Phi) is 50.3. The summed E-state index contributed by atoms with van der Waals surface area (Å²) in [7, 11) is 0. The third kappa shape index (κ3) is 49.0. The lowest BCUT2D eigenvalue weighted by molar-refractivity contribution is -0.163. The maximum atomic E-state index is 12.7. The minimum atomic E-state index is -0.530. The van der Waals surface area contributed by atoms with Crippen molar-refractivity contribution in [2.24, 2.45) is 0 Å². The van der Waals surface area contributed by atoms with E-state index in [1.54, 1.807) is 0 Å². The minimum Gasteiger partial charge on any atom is -0.462 e. The van der Waals surface area contributed by atoms with Gasteiger partial charge in [-0.3, -0.25) is 9.59 Å². The van der Waals surface area contributed by atoms with Crippen LogP contribution in [0.25, 0.3) is 0 Å². The predicted molar refractivity (Wildman–Crippen MR) is 261 cm³/mol. The van der Waals surface area contributed by atoms with Crippen LogP contribution in [0, 0.1) is 0 Å². The van der Waals surface area contributed by atoms with Crippen molar-refractivity contribution in [2.45, 2.75) is 297 Å². The Hall–Kier alpha value is -1.62. The number of hydrogen-bond acceptors (Lipinski definition) is 5. The molecular formula is C55H104O5. The van der Waals surface area contributed by atoms with Crippen LogP contribution in [0.5, 0.6) is 0 Å². The molecular weight excluding hydrogens is 741 g/mol. The summed E-state index contributed by atoms with van der Waals surface area (Å²) in [6, 6.07) is 0. The highest BCUT2D eigenvalue weighted by atomic mass is 16.6. The van der Waals surface area contributed by atoms with Gasteiger partial charge < -0.3 is 14.2 Å². The molecule has 0 amide bonds. The number of hydrogen-bond donors (Lipinski definition) is 0. The largest absolute Gasteiger partial charge is 0.462 e. The summed E-state index contributed by atoms with van der Waals surface area (Å²) in [5.74, 6) is -0.384. The normalized spacial score (nSPS) is 12.2. The number of ether oxygens (including phenoxy) is 3. The van der Waals surface area contributed by atoms with Gasteiger partial charge in [-0.15, -0.1) is 0 Å². The van der Waals surface area contributed by atoms with Gasteiger partial charge >= 0.3 is 11.9 Å². The summed E-state index contributed by atoms with van der Waals surface area (Å²) in [5.41, 5.74) is 0. The first-order valence-corrected chi connectivity index (χ1v) is 26.9. The monoisotopic (exact) mass is 845 g/mol. The quantitative estimate of drug-likeness (QED) is 0.0347. The van der Waals surface area contributed by atoms with Gasteiger partial charge in [0.25, 0.3) is 0 Å². The molecule has 354 valence electrons. The highest BCUT2D eigenvalue weighted by Gasteiger charge is 2.17. The summed E-state index contributed by atoms with van der Waals surface area (Å²) in [6.45, 7) is 7.83. The Balaban J connectivity index is 4.13. The van der Waals surface area contributed by atoms with Crippen LogP contribution in [0.4, 0.5) is 0 Å². The summed E-state index contributed by atoms with van der Waals surface area (Å²) >= 11 is 0. The molecule has 0 heterocycles. The van der Waals surface area contributed by atoms with E-state index in [1.165, 1.54) is 212 Å². The van der Waals surface area contributed by atoms with Crippen molar-refractivity contribution >= 4 is 11.9 Å². The molecule has 0 bridgehead atoms. The first kappa shape index (κ1) is 58.4. The molecule has 0 aliphatic rings. The zero-order valence-electron chi connectivity index (χ0n) is 40.7. The van der Waals surface area contributed by atoms with Crippen molar-refractivity contribution in [3.63, 3.8) is 0 Å². The average Bonchev–Trinajstić information content (AvgIpc) is 3.25. The zero-order chi connectivity index (χ0) is 43.5. The van der Waals surface area contributed by atoms with E-state index < -0.39 is 6.10 Å². The fourth-order valence-electron chi connectivity index (χ4n) is 7.95. The van der Waals surface area contributed by atoms with Gasteiger partial charge in [0, 0.05) is 19.4 Å². The van der Waals surface area contributed by atoms with Gasteiger partial charge in [-0.25, -0.2) is 0 Å². The van der Waals surface area contributed by atoms with Crippen LogP contribution in [0.3, 0.4) is 0 Å². The molecule has 0 saturated carbocycles. The Labute approximate surface area is 375 Å². The fraction of sp³-hybridized carbons (Fsp3) is 0.891. The SMILES string of the molecule is CCCCC/C=C\C/C=C\CCCCCCCCCCOCC(COC(=O)CCCCCCCCCCCCCCCCCCC)OC(=O)CCCCCCCCCCC. The molecule has 0 rings (SSSR count). The van der Waals surface area contributed by atoms with E-state index in [2.05, 4.69) is 45.1 Å². The van der Waals surface area contributed by atoms with E-state index in [0.29, 0.717) is 26.1 Å². The Morgan fingerprint density at radius 2 is 0.700 bits per heavy atom. The van der Waals surface area contributed by atoms with Crippen molar-refractivity contribution in [3.05, 3.63) is 24.3 Å². The molecule has 0 aliphatic heterocycles. The lowest BCUT2D eigenvalue weighted by atomic mass is 10.0. The van der Waals surface area contributed by atoms with E-state index in [1.807, 2.05) is 0 Å². The topological polar surface area (TPSA) is 61.8 Å². The van der Waals surface area contributed by atoms with Crippen LogP contribution in [0.15, 0.2) is 24.3 Å². The summed E-state index contributed by atoms with van der Waals surface area (Å²) in [5, 5.41) is 0. The second kappa shape index (κ2) is 51.7. The van der Waals surface area contributed by atoms with E-state index >= 15 is 0 Å². The zero-order valence-corrected chi connectivity index (χ0v) is 40.7. The van der Waals surface area contributed by atoms with Crippen LogP contribution >= 0.6 is 0 Å². The summed E-state index contributed by atoms with van der Waals surface area (Å²) < 4.78 is 17.4. The van der Waals surface area contributed by atoms with Crippen molar-refractivity contribution in [1.82, 2.24) is 0 Å². The number of allylic oxidation sites excluding steroid dienone is 4. The molecule has 0 radical (unpaired) electrons. The van der Waals surface area contributed by atoms with Crippen LogP contribution in [0.2, 0.25) is 0 Å². The fourth-order valence-corrected chi connectivity index (χ4v) is 7.95. The van der Waals surface area contributed by atoms with Gasteiger partial charge in [-0.05, 0) is 51.4 Å². The van der Waals surface area contributed by atoms with Crippen molar-refractivity contribution in [1.29, 1.82) is 0 Å². The lowest BCUT2D eigenvalue weighted by Crippen LogP contribution is -2.30. The third-order valence-electron chi connectivity index (χ3n) is 12.0. The molecule has 0 saturated heterocycles. The number of unbranched alkanes of at least 4 members (excludes halogenated alkanes) is 35. The van der Waals surface area contributed by atoms with Crippen LogP contribution in [-0.2, 0) is 23.8 Å². The van der Waals surface area contributed by atoms with Crippen LogP contribution < -0.4 is 0 Å². The molecule has 1 unspecified atom stereocenters. The minimum absolute atomic E-state index is 0.0905. The second-order valence-corrected chi connectivity index (χ2v) is 18.1. The summed E-state index contributed by atoms with van der Waals surface area (Å²) in [6.07, 6.45) is 60.5. The van der Waals surface area contributed by atoms with Crippen LogP contribution in [0.1, 0.15) is 290 Å². The van der Waals surface area contributed by atoms with Gasteiger partial charge in [-0.1, -0.05) is 251 Å². The lowest BCUT2D eigenvalue weighted by Gasteiger charge is -2.18. The molecule has 5 nitrogen and oxygen atoms in total. The van der Waals surface area contributed by atoms with Gasteiger partial charge in [-0.2, -0.15) is 0 Å². The molecule has 0 aromatic carbocycles. The predicted octanol–water partition coefficient (Wildman–Crippen LogP) is 18.0. The van der Waals surface area contributed by atoms with Crippen LogP contribution in [-0.4, -0.2) is 37.9 Å². The van der Waals surface area contributed by atoms with Gasteiger partial charge in [0.2, 0.25) is 0 Å². The molecule has 0 aliphatic carbocycles. The molecule has 0 aromatic heterocycles. The van der Waals surface area contributed by atoms with E-state index in [4.69, 9.17) is 14.2 Å². The highest BCUT2D eigenvalue weighted by Crippen LogP contribution is 2.16. The van der Waals surface area contributed by atoms with E-state index in [9.17, 15) is 9.59 Å². The highest BCUT2D eigenvalue weighted by molar-refractivity contribution is 5.70. The first-order valence-electron chi connectivity index (χ1n) is 26.9. The number of carbonyl (C=O) groups is 2. The average molecular weight is 845 g/mol. The number of rotatable bonds is 50. The Morgan fingerprint density at radius 3 is 1.13 bits per heavy atom. The molecule has 0 aromatic rings. The first-order chi connectivity index (χ1) is 29.6. The molecule has 5 heteroatoms.